The van der Waals surface area contributed by atoms with Gasteiger partial charge in [0.25, 0.3) is 0 Å². The van der Waals surface area contributed by atoms with Crippen molar-refractivity contribution < 1.29 is 9.53 Å². The maximum absolute atomic E-state index is 12.2. The Morgan fingerprint density at radius 2 is 1.96 bits per heavy atom. The molecule has 0 aliphatic rings. The summed E-state index contributed by atoms with van der Waals surface area (Å²) in [5.41, 5.74) is 2.95. The van der Waals surface area contributed by atoms with E-state index in [1.165, 1.54) is 17.4 Å². The lowest BCUT2D eigenvalue weighted by Gasteiger charge is -1.98. The van der Waals surface area contributed by atoms with Crippen molar-refractivity contribution in [2.24, 2.45) is 0 Å². The van der Waals surface area contributed by atoms with E-state index >= 15 is 0 Å². The van der Waals surface area contributed by atoms with E-state index in [9.17, 15) is 4.79 Å². The van der Waals surface area contributed by atoms with Crippen LogP contribution in [0.25, 0.3) is 27.3 Å². The zero-order valence-corrected chi connectivity index (χ0v) is 14.7. The monoisotopic (exact) mass is 362 g/mol. The molecular weight excluding hydrogens is 348 g/mol. The van der Waals surface area contributed by atoms with Gasteiger partial charge in [0.1, 0.15) is 11.3 Å². The molecule has 128 valence electrons. The van der Waals surface area contributed by atoms with Crippen LogP contribution in [0.4, 0.5) is 5.13 Å². The first-order valence-electron chi connectivity index (χ1n) is 7.87. The van der Waals surface area contributed by atoms with Crippen molar-refractivity contribution in [1.29, 1.82) is 0 Å². The number of nitrogens with one attached hydrogen (secondary N) is 1. The van der Waals surface area contributed by atoms with Crippen LogP contribution in [0, 0.1) is 0 Å². The summed E-state index contributed by atoms with van der Waals surface area (Å²) in [7, 11) is 1.60. The van der Waals surface area contributed by atoms with Crippen molar-refractivity contribution in [3.8, 4) is 5.75 Å². The SMILES string of the molecule is COc1cccc2sc(NC(=O)C=Cc3cnc4ccccc4n3)nc12. The van der Waals surface area contributed by atoms with Crippen LogP contribution in [-0.4, -0.2) is 28.0 Å². The van der Waals surface area contributed by atoms with Gasteiger partial charge in [-0.05, 0) is 30.3 Å². The molecule has 0 atom stereocenters. The molecule has 1 N–H and O–H groups in total. The van der Waals surface area contributed by atoms with Gasteiger partial charge in [-0.2, -0.15) is 0 Å². The number of nitrogens with zero attached hydrogens (tertiary/aromatic N) is 3. The lowest BCUT2D eigenvalue weighted by Crippen LogP contribution is -2.07. The van der Waals surface area contributed by atoms with E-state index in [4.69, 9.17) is 4.74 Å². The fourth-order valence-electron chi connectivity index (χ4n) is 2.50. The van der Waals surface area contributed by atoms with E-state index < -0.39 is 0 Å². The number of hydrogen-bond acceptors (Lipinski definition) is 6. The molecule has 4 rings (SSSR count). The number of methoxy groups -OCH3 is 1. The van der Waals surface area contributed by atoms with E-state index in [-0.39, 0.29) is 5.91 Å². The summed E-state index contributed by atoms with van der Waals surface area (Å²) < 4.78 is 6.24. The van der Waals surface area contributed by atoms with Gasteiger partial charge >= 0.3 is 0 Å². The Morgan fingerprint density at radius 1 is 1.12 bits per heavy atom. The van der Waals surface area contributed by atoms with E-state index in [0.717, 1.165) is 21.3 Å². The number of carbonyl (C=O) groups excluding carboxylic acids is 1. The summed E-state index contributed by atoms with van der Waals surface area (Å²) in [6, 6.07) is 13.3. The van der Waals surface area contributed by atoms with E-state index in [0.29, 0.717) is 16.6 Å². The molecule has 0 spiro atoms. The molecule has 0 fully saturated rings. The van der Waals surface area contributed by atoms with Crippen LogP contribution in [0.3, 0.4) is 0 Å². The van der Waals surface area contributed by atoms with Crippen LogP contribution in [0.15, 0.2) is 54.7 Å². The summed E-state index contributed by atoms with van der Waals surface area (Å²) in [6.45, 7) is 0. The topological polar surface area (TPSA) is 77.0 Å². The molecule has 0 saturated heterocycles. The summed E-state index contributed by atoms with van der Waals surface area (Å²) in [4.78, 5) is 25.4. The molecule has 0 aliphatic carbocycles. The fourth-order valence-corrected chi connectivity index (χ4v) is 3.39. The number of hydrogen-bond donors (Lipinski definition) is 1. The van der Waals surface area contributed by atoms with Crippen LogP contribution in [0.2, 0.25) is 0 Å². The van der Waals surface area contributed by atoms with Crippen LogP contribution in [-0.2, 0) is 4.79 Å². The lowest BCUT2D eigenvalue weighted by molar-refractivity contribution is -0.111. The van der Waals surface area contributed by atoms with Gasteiger partial charge in [-0.15, -0.1) is 0 Å². The minimum atomic E-state index is -0.280. The number of carbonyl (C=O) groups is 1. The highest BCUT2D eigenvalue weighted by Crippen LogP contribution is 2.32. The lowest BCUT2D eigenvalue weighted by atomic mass is 10.3. The van der Waals surface area contributed by atoms with Crippen molar-refractivity contribution in [2.75, 3.05) is 12.4 Å². The molecule has 2 heterocycles. The highest BCUT2D eigenvalue weighted by molar-refractivity contribution is 7.22. The predicted molar refractivity (Wildman–Crippen MR) is 103 cm³/mol. The molecule has 0 aliphatic heterocycles. The van der Waals surface area contributed by atoms with Gasteiger partial charge in [-0.1, -0.05) is 29.5 Å². The van der Waals surface area contributed by atoms with Crippen molar-refractivity contribution in [2.45, 2.75) is 0 Å². The maximum Gasteiger partial charge on any atom is 0.250 e. The van der Waals surface area contributed by atoms with Gasteiger partial charge in [0.05, 0.1) is 34.7 Å². The average Bonchev–Trinajstić information content (AvgIpc) is 3.08. The Balaban J connectivity index is 1.51. The Bertz CT molecular complexity index is 1140. The molecule has 6 nitrogen and oxygen atoms in total. The van der Waals surface area contributed by atoms with E-state index in [1.54, 1.807) is 19.4 Å². The Hall–Kier alpha value is -3.32. The molecule has 26 heavy (non-hydrogen) atoms. The van der Waals surface area contributed by atoms with Gasteiger partial charge in [-0.3, -0.25) is 15.1 Å². The molecule has 0 unspecified atom stereocenters. The predicted octanol–water partition coefficient (Wildman–Crippen LogP) is 3.90. The van der Waals surface area contributed by atoms with Gasteiger partial charge in [-0.25, -0.2) is 9.97 Å². The van der Waals surface area contributed by atoms with Crippen molar-refractivity contribution in [1.82, 2.24) is 15.0 Å². The second-order valence-electron chi connectivity index (χ2n) is 5.43. The highest BCUT2D eigenvalue weighted by atomic mass is 32.1. The Kier molecular flexibility index (Phi) is 4.28. The third-order valence-corrected chi connectivity index (χ3v) is 4.64. The molecule has 7 heteroatoms. The van der Waals surface area contributed by atoms with Gasteiger partial charge in [0, 0.05) is 6.08 Å². The van der Waals surface area contributed by atoms with Gasteiger partial charge in [0.15, 0.2) is 5.13 Å². The van der Waals surface area contributed by atoms with Crippen molar-refractivity contribution in [3.05, 3.63) is 60.4 Å². The number of amides is 1. The first-order chi connectivity index (χ1) is 12.7. The zero-order valence-electron chi connectivity index (χ0n) is 13.8. The van der Waals surface area contributed by atoms with Crippen LogP contribution >= 0.6 is 11.3 Å². The number of fused-ring (bicyclic) bond motifs is 2. The smallest absolute Gasteiger partial charge is 0.250 e. The molecular formula is C19H14N4O2S. The first-order valence-corrected chi connectivity index (χ1v) is 8.69. The number of aromatic nitrogens is 3. The Morgan fingerprint density at radius 3 is 2.81 bits per heavy atom. The molecule has 1 amide bonds. The van der Waals surface area contributed by atoms with Crippen LogP contribution < -0.4 is 10.1 Å². The molecule has 2 aromatic carbocycles. The second-order valence-corrected chi connectivity index (χ2v) is 6.46. The molecule has 0 saturated carbocycles. The summed E-state index contributed by atoms with van der Waals surface area (Å²) in [5, 5.41) is 3.29. The van der Waals surface area contributed by atoms with Crippen LogP contribution in [0.1, 0.15) is 5.69 Å². The average molecular weight is 362 g/mol. The maximum atomic E-state index is 12.2. The first kappa shape index (κ1) is 16.2. The van der Waals surface area contributed by atoms with Crippen molar-refractivity contribution in [3.63, 3.8) is 0 Å². The summed E-state index contributed by atoms with van der Waals surface area (Å²) >= 11 is 1.39. The largest absolute Gasteiger partial charge is 0.494 e. The summed E-state index contributed by atoms with van der Waals surface area (Å²) in [6.07, 6.45) is 4.68. The Labute approximate surface area is 153 Å². The standard InChI is InChI=1S/C19H14N4O2S/c1-25-15-7-4-8-16-18(15)23-19(26-16)22-17(24)10-9-12-11-20-13-5-2-3-6-14(13)21-12/h2-11H,1H3,(H,22,23,24). The van der Waals surface area contributed by atoms with Gasteiger partial charge in [0.2, 0.25) is 5.91 Å². The third kappa shape index (κ3) is 3.25. The van der Waals surface area contributed by atoms with Gasteiger partial charge < -0.3 is 4.74 Å². The molecule has 2 aromatic heterocycles. The molecule has 4 aromatic rings. The molecule has 0 bridgehead atoms. The van der Waals surface area contributed by atoms with E-state index in [1.807, 2.05) is 42.5 Å². The number of anilines is 1. The highest BCUT2D eigenvalue weighted by Gasteiger charge is 2.09. The number of benzene rings is 2. The van der Waals surface area contributed by atoms with E-state index in [2.05, 4.69) is 20.3 Å². The van der Waals surface area contributed by atoms with Crippen LogP contribution in [0.5, 0.6) is 5.75 Å². The number of rotatable bonds is 4. The minimum Gasteiger partial charge on any atom is -0.494 e. The zero-order chi connectivity index (χ0) is 17.9. The summed E-state index contributed by atoms with van der Waals surface area (Å²) in [5.74, 6) is 0.402. The number of ether oxygens (including phenoxy) is 1. The third-order valence-electron chi connectivity index (χ3n) is 3.70. The molecule has 0 radical (unpaired) electrons. The normalized spacial score (nSPS) is 11.3. The number of thiazole rings is 1. The number of para-hydroxylation sites is 3. The second kappa shape index (κ2) is 6.89. The minimum absolute atomic E-state index is 0.280. The van der Waals surface area contributed by atoms with Crippen molar-refractivity contribution >= 4 is 49.7 Å². The quantitative estimate of drug-likeness (QED) is 0.557. The fraction of sp³-hybridized carbons (Fsp3) is 0.0526.